The van der Waals surface area contributed by atoms with Crippen LogP contribution in [0.5, 0.6) is 11.5 Å². The van der Waals surface area contributed by atoms with Crippen LogP contribution < -0.4 is 20.3 Å². The van der Waals surface area contributed by atoms with Gasteiger partial charge in [0.1, 0.15) is 17.3 Å². The first-order chi connectivity index (χ1) is 19.0. The predicted molar refractivity (Wildman–Crippen MR) is 155 cm³/mol. The molecule has 6 aromatic rings. The van der Waals surface area contributed by atoms with E-state index in [4.69, 9.17) is 41.5 Å². The van der Waals surface area contributed by atoms with Gasteiger partial charge in [0.25, 0.3) is 0 Å². The van der Waals surface area contributed by atoms with Gasteiger partial charge in [-0.15, -0.1) is 22.7 Å². The van der Waals surface area contributed by atoms with Gasteiger partial charge in [0.15, 0.2) is 11.5 Å². The minimum atomic E-state index is -0.481. The van der Waals surface area contributed by atoms with E-state index < -0.39 is 6.10 Å². The third-order valence-electron chi connectivity index (χ3n) is 6.50. The first-order valence-corrected chi connectivity index (χ1v) is 14.4. The van der Waals surface area contributed by atoms with Crippen molar-refractivity contribution in [2.75, 3.05) is 6.61 Å². The van der Waals surface area contributed by atoms with Crippen LogP contribution in [0.15, 0.2) is 83.8 Å². The highest BCUT2D eigenvalue weighted by Crippen LogP contribution is 2.46. The molecule has 39 heavy (non-hydrogen) atoms. The standard InChI is InChI=1S/C29H16Cl2O6S2/c30-14-3-5-19-17(12-14)23(32)26(25(35-19)22-2-1-10-38-22)34-9-7-21-16-8-11-39-29(16)28-27(36-21)24(33)18-13-15(31)4-6-20(18)37-28/h1-6,8,10-13,21H,7,9H2. The maximum Gasteiger partial charge on any atom is 0.235 e. The van der Waals surface area contributed by atoms with Gasteiger partial charge in [-0.25, -0.2) is 0 Å². The average Bonchev–Trinajstić information content (AvgIpc) is 3.64. The SMILES string of the molecule is O=c1c(OCCC2Oc3c(oc4ccc(Cl)cc4c3=O)-c3sccc32)c(-c2cccs2)oc2ccc(Cl)cc12. The number of thiophene rings is 2. The fourth-order valence-electron chi connectivity index (χ4n) is 4.70. The first-order valence-electron chi connectivity index (χ1n) is 11.9. The molecule has 1 unspecified atom stereocenters. The second-order valence-corrected chi connectivity index (χ2v) is 11.6. The van der Waals surface area contributed by atoms with Gasteiger partial charge in [-0.2, -0.15) is 0 Å². The van der Waals surface area contributed by atoms with Crippen LogP contribution in [0.1, 0.15) is 18.1 Å². The van der Waals surface area contributed by atoms with Crippen LogP contribution in [0.3, 0.4) is 0 Å². The molecule has 1 aliphatic rings. The minimum absolute atomic E-state index is 0.106. The molecule has 2 aromatic carbocycles. The van der Waals surface area contributed by atoms with Crippen molar-refractivity contribution in [1.29, 1.82) is 0 Å². The Balaban J connectivity index is 1.23. The summed E-state index contributed by atoms with van der Waals surface area (Å²) in [7, 11) is 0. The summed E-state index contributed by atoms with van der Waals surface area (Å²) in [5.41, 5.74) is 1.16. The number of rotatable bonds is 5. The van der Waals surface area contributed by atoms with E-state index >= 15 is 0 Å². The van der Waals surface area contributed by atoms with Gasteiger partial charge >= 0.3 is 0 Å². The van der Waals surface area contributed by atoms with Crippen molar-refractivity contribution in [1.82, 2.24) is 0 Å². The molecule has 4 aromatic heterocycles. The van der Waals surface area contributed by atoms with Gasteiger partial charge in [0.05, 0.1) is 27.1 Å². The van der Waals surface area contributed by atoms with E-state index in [1.54, 1.807) is 36.4 Å². The van der Waals surface area contributed by atoms with E-state index in [2.05, 4.69) is 0 Å². The third-order valence-corrected chi connectivity index (χ3v) is 8.77. The van der Waals surface area contributed by atoms with Crippen LogP contribution in [0.2, 0.25) is 10.0 Å². The number of halogens is 2. The van der Waals surface area contributed by atoms with Crippen LogP contribution in [0.25, 0.3) is 43.2 Å². The summed E-state index contributed by atoms with van der Waals surface area (Å²) in [6, 6.07) is 15.6. The van der Waals surface area contributed by atoms with Crippen LogP contribution in [0.4, 0.5) is 0 Å². The van der Waals surface area contributed by atoms with E-state index in [1.807, 2.05) is 29.0 Å². The van der Waals surface area contributed by atoms with E-state index in [0.717, 1.165) is 15.3 Å². The molecule has 0 amide bonds. The van der Waals surface area contributed by atoms with Crippen molar-refractivity contribution >= 4 is 67.8 Å². The summed E-state index contributed by atoms with van der Waals surface area (Å²) in [5.74, 6) is 1.02. The van der Waals surface area contributed by atoms with Crippen molar-refractivity contribution < 1.29 is 18.3 Å². The molecule has 1 atom stereocenters. The maximum absolute atomic E-state index is 13.5. The van der Waals surface area contributed by atoms with Gasteiger partial charge in [0.2, 0.25) is 22.4 Å². The van der Waals surface area contributed by atoms with Crippen LogP contribution in [-0.4, -0.2) is 6.61 Å². The Kier molecular flexibility index (Phi) is 6.01. The van der Waals surface area contributed by atoms with Crippen LogP contribution >= 0.6 is 45.9 Å². The van der Waals surface area contributed by atoms with Crippen LogP contribution in [0, 0.1) is 0 Å². The average molecular weight is 595 g/mol. The second kappa shape index (κ2) is 9.57. The molecule has 0 saturated heterocycles. The van der Waals surface area contributed by atoms with Gasteiger partial charge in [-0.05, 0) is 59.3 Å². The predicted octanol–water partition coefficient (Wildman–Crippen LogP) is 8.57. The smallest absolute Gasteiger partial charge is 0.235 e. The summed E-state index contributed by atoms with van der Waals surface area (Å²) < 4.78 is 24.5. The lowest BCUT2D eigenvalue weighted by Gasteiger charge is -2.25. The fraction of sp³-hybridized carbons (Fsp3) is 0.103. The quantitative estimate of drug-likeness (QED) is 0.199. The summed E-state index contributed by atoms with van der Waals surface area (Å²) in [4.78, 5) is 28.4. The van der Waals surface area contributed by atoms with E-state index in [1.165, 1.54) is 22.7 Å². The molecule has 194 valence electrons. The monoisotopic (exact) mass is 594 g/mol. The lowest BCUT2D eigenvalue weighted by Crippen LogP contribution is -2.21. The topological polar surface area (TPSA) is 78.9 Å². The van der Waals surface area contributed by atoms with Gasteiger partial charge in [-0.1, -0.05) is 29.3 Å². The molecular weight excluding hydrogens is 579 g/mol. The maximum atomic E-state index is 13.5. The molecule has 0 bridgehead atoms. The summed E-state index contributed by atoms with van der Waals surface area (Å²) in [5, 5.41) is 5.38. The largest absolute Gasteiger partial charge is 0.486 e. The molecule has 7 rings (SSSR count). The number of benzene rings is 2. The highest BCUT2D eigenvalue weighted by Gasteiger charge is 2.32. The molecule has 10 heteroatoms. The Morgan fingerprint density at radius 2 is 1.54 bits per heavy atom. The molecule has 0 spiro atoms. The third kappa shape index (κ3) is 4.15. The molecule has 1 aliphatic heterocycles. The lowest BCUT2D eigenvalue weighted by atomic mass is 10.0. The summed E-state index contributed by atoms with van der Waals surface area (Å²) >= 11 is 15.2. The first kappa shape index (κ1) is 24.5. The van der Waals surface area contributed by atoms with Crippen molar-refractivity contribution in [3.05, 3.63) is 101 Å². The Labute approximate surface area is 238 Å². The minimum Gasteiger partial charge on any atom is -0.486 e. The molecule has 0 N–H and O–H groups in total. The number of fused-ring (bicyclic) bond motifs is 5. The van der Waals surface area contributed by atoms with E-state index in [9.17, 15) is 9.59 Å². The Hall–Kier alpha value is -3.56. The number of hydrogen-bond donors (Lipinski definition) is 0. The zero-order valence-corrected chi connectivity index (χ0v) is 23.0. The normalized spacial score (nSPS) is 14.3. The van der Waals surface area contributed by atoms with Crippen LogP contribution in [-0.2, 0) is 0 Å². The molecule has 5 heterocycles. The Morgan fingerprint density at radius 1 is 0.821 bits per heavy atom. The van der Waals surface area contributed by atoms with E-state index in [-0.39, 0.29) is 29.0 Å². The molecule has 0 aliphatic carbocycles. The molecule has 0 fully saturated rings. The summed E-state index contributed by atoms with van der Waals surface area (Å²) in [6.07, 6.45) is -0.113. The molecule has 6 nitrogen and oxygen atoms in total. The number of hydrogen-bond acceptors (Lipinski definition) is 8. The Morgan fingerprint density at radius 3 is 2.26 bits per heavy atom. The molecular formula is C29H16Cl2O6S2. The van der Waals surface area contributed by atoms with Crippen molar-refractivity contribution in [2.45, 2.75) is 12.5 Å². The summed E-state index contributed by atoms with van der Waals surface area (Å²) in [6.45, 7) is 0.134. The highest BCUT2D eigenvalue weighted by molar-refractivity contribution is 7.14. The van der Waals surface area contributed by atoms with Gasteiger partial charge in [-0.3, -0.25) is 9.59 Å². The Bertz CT molecular complexity index is 2010. The zero-order chi connectivity index (χ0) is 26.7. The second-order valence-electron chi connectivity index (χ2n) is 8.89. The van der Waals surface area contributed by atoms with Crippen molar-refractivity contribution in [3.8, 4) is 32.8 Å². The highest BCUT2D eigenvalue weighted by atomic mass is 35.5. The van der Waals surface area contributed by atoms with E-state index in [0.29, 0.717) is 49.9 Å². The van der Waals surface area contributed by atoms with Crippen molar-refractivity contribution in [3.63, 3.8) is 0 Å². The fourth-order valence-corrected chi connectivity index (χ4v) is 6.68. The van der Waals surface area contributed by atoms with Crippen molar-refractivity contribution in [2.24, 2.45) is 0 Å². The number of ether oxygens (including phenoxy) is 2. The van der Waals surface area contributed by atoms with Gasteiger partial charge < -0.3 is 18.3 Å². The molecule has 0 saturated carbocycles. The lowest BCUT2D eigenvalue weighted by molar-refractivity contribution is 0.156. The zero-order valence-electron chi connectivity index (χ0n) is 19.9. The molecule has 0 radical (unpaired) electrons. The van der Waals surface area contributed by atoms with Gasteiger partial charge in [0, 0.05) is 22.0 Å².